The van der Waals surface area contributed by atoms with Crippen molar-refractivity contribution in [3.05, 3.63) is 23.3 Å². The number of allylic oxidation sites excluding steroid dienone is 2. The standard InChI is InChI=1S/C27H50O3Si2/c1-19(2)32(20(3)4,21(5)6)30-18-23(8)24-15-14-22(7)25(17-24)27(29)26(28)13-12-16-31(9,10)11/h14,17,19-21,23-24,26-29H,13,15,18H2,1-11H3/t23-,24+,26-,27?/m1/s1. The average Bonchev–Trinajstić information content (AvgIpc) is 2.66. The van der Waals surface area contributed by atoms with Gasteiger partial charge in [-0.05, 0) is 53.0 Å². The summed E-state index contributed by atoms with van der Waals surface area (Å²) < 4.78 is 6.85. The summed E-state index contributed by atoms with van der Waals surface area (Å²) in [5.74, 6) is 3.76. The Hall–Kier alpha value is -0.646. The Labute approximate surface area is 200 Å². The molecule has 3 nitrogen and oxygen atoms in total. The van der Waals surface area contributed by atoms with Gasteiger partial charge >= 0.3 is 0 Å². The van der Waals surface area contributed by atoms with Gasteiger partial charge < -0.3 is 14.6 Å². The van der Waals surface area contributed by atoms with Crippen molar-refractivity contribution < 1.29 is 14.6 Å². The van der Waals surface area contributed by atoms with E-state index in [2.05, 4.69) is 91.7 Å². The van der Waals surface area contributed by atoms with Crippen LogP contribution in [0.1, 0.15) is 68.2 Å². The average molecular weight is 479 g/mol. The zero-order valence-corrected chi connectivity index (χ0v) is 24.6. The molecule has 0 aliphatic heterocycles. The van der Waals surface area contributed by atoms with Crippen molar-refractivity contribution in [1.29, 1.82) is 0 Å². The Morgan fingerprint density at radius 2 is 1.53 bits per heavy atom. The minimum atomic E-state index is -1.89. The lowest BCUT2D eigenvalue weighted by Gasteiger charge is -2.43. The number of aliphatic hydroxyl groups excluding tert-OH is 2. The van der Waals surface area contributed by atoms with Crippen LogP contribution in [-0.4, -0.2) is 45.4 Å². The van der Waals surface area contributed by atoms with E-state index >= 15 is 0 Å². The quantitative estimate of drug-likeness (QED) is 0.271. The fourth-order valence-electron chi connectivity index (χ4n) is 5.23. The normalized spacial score (nSPS) is 20.6. The predicted molar refractivity (Wildman–Crippen MR) is 144 cm³/mol. The van der Waals surface area contributed by atoms with Crippen molar-refractivity contribution in [2.45, 2.75) is 117 Å². The van der Waals surface area contributed by atoms with Gasteiger partial charge in [-0.1, -0.05) is 80.3 Å². The molecule has 0 radical (unpaired) electrons. The highest BCUT2D eigenvalue weighted by Gasteiger charge is 2.45. The van der Waals surface area contributed by atoms with Gasteiger partial charge in [-0.3, -0.25) is 0 Å². The van der Waals surface area contributed by atoms with Gasteiger partial charge in [0, 0.05) is 13.0 Å². The summed E-state index contributed by atoms with van der Waals surface area (Å²) in [6, 6.07) is 0. The van der Waals surface area contributed by atoms with Crippen LogP contribution >= 0.6 is 0 Å². The van der Waals surface area contributed by atoms with Gasteiger partial charge in [-0.15, -0.1) is 11.5 Å². The van der Waals surface area contributed by atoms with Crippen LogP contribution in [0.15, 0.2) is 23.3 Å². The van der Waals surface area contributed by atoms with E-state index in [9.17, 15) is 10.2 Å². The molecule has 0 saturated carbocycles. The summed E-state index contributed by atoms with van der Waals surface area (Å²) in [4.78, 5) is 0. The van der Waals surface area contributed by atoms with Crippen molar-refractivity contribution in [3.8, 4) is 11.5 Å². The molecule has 0 bridgehead atoms. The number of hydrogen-bond acceptors (Lipinski definition) is 3. The first-order chi connectivity index (χ1) is 14.6. The van der Waals surface area contributed by atoms with Crippen molar-refractivity contribution in [2.75, 3.05) is 6.61 Å². The highest BCUT2D eigenvalue weighted by molar-refractivity contribution is 6.83. The van der Waals surface area contributed by atoms with Crippen LogP contribution in [0.4, 0.5) is 0 Å². The Kier molecular flexibility index (Phi) is 11.2. The molecular formula is C27H50O3Si2. The van der Waals surface area contributed by atoms with Crippen molar-refractivity contribution in [3.63, 3.8) is 0 Å². The van der Waals surface area contributed by atoms with Gasteiger partial charge in [0.25, 0.3) is 0 Å². The molecule has 1 aliphatic rings. The lowest BCUT2D eigenvalue weighted by atomic mass is 9.81. The zero-order valence-electron chi connectivity index (χ0n) is 22.6. The molecule has 0 saturated heterocycles. The Morgan fingerprint density at radius 3 is 2.00 bits per heavy atom. The molecule has 4 atom stereocenters. The van der Waals surface area contributed by atoms with Gasteiger partial charge in [0.1, 0.15) is 14.2 Å². The van der Waals surface area contributed by atoms with Crippen LogP contribution < -0.4 is 0 Å². The molecule has 1 aliphatic carbocycles. The van der Waals surface area contributed by atoms with Gasteiger partial charge in [-0.25, -0.2) is 0 Å². The zero-order chi connectivity index (χ0) is 24.9. The summed E-state index contributed by atoms with van der Waals surface area (Å²) in [5, 5.41) is 21.5. The van der Waals surface area contributed by atoms with Crippen LogP contribution in [0.25, 0.3) is 0 Å². The molecule has 32 heavy (non-hydrogen) atoms. The SMILES string of the molecule is CC1=CC[C@H]([C@H](C)CO[Si](C(C)C)(C(C)C)C(C)C)C=C1C(O)[C@H](O)CC#C[Si](C)(C)C. The second-order valence-electron chi connectivity index (χ2n) is 11.8. The number of hydrogen-bond donors (Lipinski definition) is 2. The molecule has 2 N–H and O–H groups in total. The van der Waals surface area contributed by atoms with E-state index in [0.29, 0.717) is 34.9 Å². The third kappa shape index (κ3) is 7.70. The molecule has 0 spiro atoms. The first-order valence-electron chi connectivity index (χ1n) is 12.5. The molecule has 1 unspecified atom stereocenters. The molecule has 0 fully saturated rings. The van der Waals surface area contributed by atoms with Crippen LogP contribution in [-0.2, 0) is 4.43 Å². The maximum absolute atomic E-state index is 10.9. The fraction of sp³-hybridized carbons (Fsp3) is 0.778. The molecule has 184 valence electrons. The first-order valence-corrected chi connectivity index (χ1v) is 18.2. The van der Waals surface area contributed by atoms with Gasteiger partial charge in [0.05, 0.1) is 6.10 Å². The van der Waals surface area contributed by atoms with E-state index in [-0.39, 0.29) is 0 Å². The van der Waals surface area contributed by atoms with Crippen LogP contribution in [0, 0.1) is 23.3 Å². The second kappa shape index (κ2) is 12.2. The molecule has 5 heteroatoms. The number of rotatable bonds is 10. The fourth-order valence-corrected chi connectivity index (χ4v) is 11.4. The molecule has 0 aromatic rings. The molecule has 0 amide bonds. The van der Waals surface area contributed by atoms with E-state index in [0.717, 1.165) is 24.2 Å². The molecule has 0 heterocycles. The monoisotopic (exact) mass is 478 g/mol. The minimum absolute atomic E-state index is 0.307. The molecule has 0 aromatic carbocycles. The Morgan fingerprint density at radius 1 is 1.00 bits per heavy atom. The largest absolute Gasteiger partial charge is 0.416 e. The maximum Gasteiger partial charge on any atom is 0.200 e. The van der Waals surface area contributed by atoms with E-state index in [4.69, 9.17) is 4.43 Å². The second-order valence-corrected chi connectivity index (χ2v) is 22.0. The van der Waals surface area contributed by atoms with E-state index < -0.39 is 28.6 Å². The van der Waals surface area contributed by atoms with Crippen molar-refractivity contribution >= 4 is 16.4 Å². The van der Waals surface area contributed by atoms with E-state index in [1.54, 1.807) is 0 Å². The third-order valence-electron chi connectivity index (χ3n) is 7.04. The van der Waals surface area contributed by atoms with Crippen LogP contribution in [0.3, 0.4) is 0 Å². The molecule has 1 rings (SSSR count). The summed E-state index contributed by atoms with van der Waals surface area (Å²) in [7, 11) is -3.37. The molecule has 0 aromatic heterocycles. The van der Waals surface area contributed by atoms with Gasteiger partial charge in [-0.2, -0.15) is 0 Å². The summed E-state index contributed by atoms with van der Waals surface area (Å²) in [5.41, 5.74) is 6.92. The predicted octanol–water partition coefficient (Wildman–Crippen LogP) is 6.70. The Balaban J connectivity index is 2.94. The summed E-state index contributed by atoms with van der Waals surface area (Å²) in [6.07, 6.45) is 3.91. The highest BCUT2D eigenvalue weighted by atomic mass is 28.4. The van der Waals surface area contributed by atoms with Gasteiger partial charge in [0.2, 0.25) is 0 Å². The van der Waals surface area contributed by atoms with Crippen molar-refractivity contribution in [1.82, 2.24) is 0 Å². The minimum Gasteiger partial charge on any atom is -0.416 e. The van der Waals surface area contributed by atoms with E-state index in [1.807, 2.05) is 6.92 Å². The maximum atomic E-state index is 10.9. The highest BCUT2D eigenvalue weighted by Crippen LogP contribution is 2.43. The van der Waals surface area contributed by atoms with Crippen LogP contribution in [0.5, 0.6) is 0 Å². The lowest BCUT2D eigenvalue weighted by Crippen LogP contribution is -2.48. The topological polar surface area (TPSA) is 49.7 Å². The summed E-state index contributed by atoms with van der Waals surface area (Å²) >= 11 is 0. The summed E-state index contributed by atoms with van der Waals surface area (Å²) in [6.45, 7) is 25.5. The lowest BCUT2D eigenvalue weighted by molar-refractivity contribution is 0.0458. The smallest absolute Gasteiger partial charge is 0.200 e. The van der Waals surface area contributed by atoms with E-state index in [1.165, 1.54) is 0 Å². The first kappa shape index (κ1) is 29.4. The molecular weight excluding hydrogens is 428 g/mol. The van der Waals surface area contributed by atoms with Gasteiger partial charge in [0.15, 0.2) is 8.32 Å². The van der Waals surface area contributed by atoms with Crippen LogP contribution in [0.2, 0.25) is 36.3 Å². The van der Waals surface area contributed by atoms with Crippen molar-refractivity contribution in [2.24, 2.45) is 11.8 Å². The Bertz CT molecular complexity index is 698. The third-order valence-corrected chi connectivity index (χ3v) is 14.0. The number of aliphatic hydroxyl groups is 2.